The number of ether oxygens (including phenoxy) is 3. The van der Waals surface area contributed by atoms with E-state index in [1.54, 1.807) is 0 Å². The number of hydrogen-bond acceptors (Lipinski definition) is 6. The lowest BCUT2D eigenvalue weighted by Gasteiger charge is -2.18. The summed E-state index contributed by atoms with van der Waals surface area (Å²) in [6, 6.07) is 0. The van der Waals surface area contributed by atoms with E-state index in [4.69, 9.17) is 14.2 Å². The summed E-state index contributed by atoms with van der Waals surface area (Å²) in [5.74, 6) is -1.04. The summed E-state index contributed by atoms with van der Waals surface area (Å²) >= 11 is 0. The fourth-order valence-electron chi connectivity index (χ4n) is 7.31. The van der Waals surface area contributed by atoms with Crippen LogP contribution >= 0.6 is 0 Å². The summed E-state index contributed by atoms with van der Waals surface area (Å²) in [4.78, 5) is 38.2. The van der Waals surface area contributed by atoms with E-state index in [0.717, 1.165) is 141 Å². The van der Waals surface area contributed by atoms with E-state index >= 15 is 0 Å². The highest BCUT2D eigenvalue weighted by molar-refractivity contribution is 5.71. The van der Waals surface area contributed by atoms with E-state index in [-0.39, 0.29) is 44.0 Å². The highest BCUT2D eigenvalue weighted by Crippen LogP contribution is 2.13. The molecule has 0 amide bonds. The van der Waals surface area contributed by atoms with Crippen molar-refractivity contribution in [3.63, 3.8) is 0 Å². The van der Waals surface area contributed by atoms with Crippen molar-refractivity contribution in [1.82, 2.24) is 0 Å². The van der Waals surface area contributed by atoms with Crippen molar-refractivity contribution in [2.45, 2.75) is 239 Å². The Bertz CT molecular complexity index is 1610. The van der Waals surface area contributed by atoms with Crippen LogP contribution in [-0.4, -0.2) is 37.2 Å². The molecule has 0 saturated carbocycles. The summed E-state index contributed by atoms with van der Waals surface area (Å²) in [5, 5.41) is 0. The molecule has 0 aliphatic carbocycles. The van der Waals surface area contributed by atoms with Crippen LogP contribution in [0.2, 0.25) is 0 Å². The zero-order chi connectivity index (χ0) is 52.2. The monoisotopic (exact) mass is 993 g/mol. The second kappa shape index (κ2) is 58.9. The molecule has 72 heavy (non-hydrogen) atoms. The third-order valence-electron chi connectivity index (χ3n) is 11.6. The van der Waals surface area contributed by atoms with Crippen LogP contribution in [0.1, 0.15) is 233 Å². The molecule has 0 aromatic carbocycles. The second-order valence-electron chi connectivity index (χ2n) is 18.4. The van der Waals surface area contributed by atoms with Crippen molar-refractivity contribution >= 4 is 17.9 Å². The summed E-state index contributed by atoms with van der Waals surface area (Å²) in [5.41, 5.74) is 0. The normalized spacial score (nSPS) is 13.2. The van der Waals surface area contributed by atoms with Crippen molar-refractivity contribution in [3.05, 3.63) is 146 Å². The lowest BCUT2D eigenvalue weighted by molar-refractivity contribution is -0.166. The Hall–Kier alpha value is -4.71. The molecule has 404 valence electrons. The first-order valence-corrected chi connectivity index (χ1v) is 28.8. The molecule has 0 rings (SSSR count). The largest absolute Gasteiger partial charge is 0.462 e. The maximum atomic E-state index is 12.9. The van der Waals surface area contributed by atoms with Crippen LogP contribution < -0.4 is 0 Å². The Morgan fingerprint density at radius 1 is 0.292 bits per heavy atom. The fourth-order valence-corrected chi connectivity index (χ4v) is 7.31. The smallest absolute Gasteiger partial charge is 0.306 e. The predicted octanol–water partition coefficient (Wildman–Crippen LogP) is 19.6. The van der Waals surface area contributed by atoms with Gasteiger partial charge in [-0.05, 0) is 128 Å². The molecule has 0 fully saturated rings. The minimum Gasteiger partial charge on any atom is -0.462 e. The van der Waals surface area contributed by atoms with E-state index < -0.39 is 6.10 Å². The van der Waals surface area contributed by atoms with E-state index in [1.807, 2.05) is 12.2 Å². The summed E-state index contributed by atoms with van der Waals surface area (Å²) in [7, 11) is 0. The molecule has 0 aromatic heterocycles. The molecule has 0 heterocycles. The molecule has 0 N–H and O–H groups in total. The number of esters is 3. The zero-order valence-corrected chi connectivity index (χ0v) is 46.1. The van der Waals surface area contributed by atoms with Crippen LogP contribution in [-0.2, 0) is 28.6 Å². The molecule has 6 heteroatoms. The fraction of sp³-hybridized carbons (Fsp3) is 0.591. The molecule has 0 spiro atoms. The number of carbonyl (C=O) groups excluding carboxylic acids is 3. The summed E-state index contributed by atoms with van der Waals surface area (Å²) < 4.78 is 16.8. The number of rotatable bonds is 50. The molecule has 0 aliphatic rings. The van der Waals surface area contributed by atoms with Crippen LogP contribution in [0, 0.1) is 0 Å². The molecule has 1 atom stereocenters. The first kappa shape index (κ1) is 67.3. The first-order valence-electron chi connectivity index (χ1n) is 28.8. The van der Waals surface area contributed by atoms with Gasteiger partial charge < -0.3 is 14.2 Å². The van der Waals surface area contributed by atoms with Crippen LogP contribution in [0.25, 0.3) is 0 Å². The zero-order valence-electron chi connectivity index (χ0n) is 46.1. The van der Waals surface area contributed by atoms with E-state index in [9.17, 15) is 14.4 Å². The molecular formula is C66H104O6. The molecule has 0 aliphatic heterocycles. The third-order valence-corrected chi connectivity index (χ3v) is 11.6. The van der Waals surface area contributed by atoms with Gasteiger partial charge in [0.25, 0.3) is 0 Å². The minimum atomic E-state index is -0.830. The Kier molecular flexibility index (Phi) is 55.0. The number of allylic oxidation sites excluding steroid dienone is 24. The van der Waals surface area contributed by atoms with Gasteiger partial charge in [0.05, 0.1) is 0 Å². The van der Waals surface area contributed by atoms with Gasteiger partial charge >= 0.3 is 17.9 Å². The van der Waals surface area contributed by atoms with Gasteiger partial charge in [0.15, 0.2) is 6.10 Å². The topological polar surface area (TPSA) is 78.9 Å². The Labute approximate surface area is 442 Å². The SMILES string of the molecule is CC/C=C\C/C=C\C/C=C\C/C=C\C/C=C\C/C=C\CCC(=O)OCC(COC(=O)CCCCCCC/C=C\C/C=C\CCCCCC)OC(=O)CCCCCCCC/C=C\C/C=C\C/C=C\C/C=C\CC. The van der Waals surface area contributed by atoms with Gasteiger partial charge in [-0.1, -0.05) is 231 Å². The lowest BCUT2D eigenvalue weighted by atomic mass is 10.1. The van der Waals surface area contributed by atoms with Crippen molar-refractivity contribution in [1.29, 1.82) is 0 Å². The summed E-state index contributed by atoms with van der Waals surface area (Å²) in [6.45, 7) is 6.30. The van der Waals surface area contributed by atoms with E-state index in [0.29, 0.717) is 12.8 Å². The van der Waals surface area contributed by atoms with Crippen molar-refractivity contribution in [3.8, 4) is 0 Å². The molecule has 6 nitrogen and oxygen atoms in total. The quantitative estimate of drug-likeness (QED) is 0.0261. The van der Waals surface area contributed by atoms with Crippen LogP contribution in [0.3, 0.4) is 0 Å². The molecular weight excluding hydrogens is 889 g/mol. The molecule has 1 unspecified atom stereocenters. The maximum Gasteiger partial charge on any atom is 0.306 e. The molecule has 0 radical (unpaired) electrons. The van der Waals surface area contributed by atoms with Gasteiger partial charge in [-0.3, -0.25) is 14.4 Å². The van der Waals surface area contributed by atoms with Crippen LogP contribution in [0.5, 0.6) is 0 Å². The van der Waals surface area contributed by atoms with Crippen molar-refractivity contribution in [2.24, 2.45) is 0 Å². The second-order valence-corrected chi connectivity index (χ2v) is 18.4. The van der Waals surface area contributed by atoms with Crippen molar-refractivity contribution in [2.75, 3.05) is 13.2 Å². The highest BCUT2D eigenvalue weighted by atomic mass is 16.6. The average molecular weight is 994 g/mol. The van der Waals surface area contributed by atoms with Gasteiger partial charge in [0.2, 0.25) is 0 Å². The minimum absolute atomic E-state index is 0.120. The van der Waals surface area contributed by atoms with Gasteiger partial charge in [-0.15, -0.1) is 0 Å². The standard InChI is InChI=1S/C66H104O6/c1-4-7-10-13-16-19-22-25-28-31-33-35-38-41-44-47-50-53-56-59-65(68)71-62-63(61-70-64(67)58-55-52-49-46-43-40-37-30-27-24-21-18-15-12-9-6-3)72-66(69)60-57-54-51-48-45-42-39-36-34-32-29-26-23-20-17-14-11-8-5-2/h7-8,10-11,16-17,19-21,24-26,28-30,33-37,41,44,50,53,63H,4-6,9,12-15,18,22-23,27,31-32,38-40,42-43,45-49,51-52,54-62H2,1-3H3/b10-7-,11-8-,19-16-,20-17-,24-21-,28-25-,29-26-,35-33-,36-34-,37-30-,44-41-,53-50-. The molecule has 0 saturated heterocycles. The maximum absolute atomic E-state index is 12.9. The van der Waals surface area contributed by atoms with Crippen LogP contribution in [0.15, 0.2) is 146 Å². The Morgan fingerprint density at radius 2 is 0.569 bits per heavy atom. The highest BCUT2D eigenvalue weighted by Gasteiger charge is 2.19. The van der Waals surface area contributed by atoms with Gasteiger partial charge in [0, 0.05) is 19.3 Å². The van der Waals surface area contributed by atoms with Gasteiger partial charge in [0.1, 0.15) is 13.2 Å². The molecule has 0 aromatic rings. The van der Waals surface area contributed by atoms with E-state index in [1.165, 1.54) is 44.9 Å². The molecule has 0 bridgehead atoms. The van der Waals surface area contributed by atoms with Crippen molar-refractivity contribution < 1.29 is 28.6 Å². The Balaban J connectivity index is 4.58. The van der Waals surface area contributed by atoms with E-state index in [2.05, 4.69) is 154 Å². The Morgan fingerprint density at radius 3 is 0.931 bits per heavy atom. The first-order chi connectivity index (χ1) is 35.5. The average Bonchev–Trinajstić information content (AvgIpc) is 3.38. The number of unbranched alkanes of at least 4 members (excludes halogenated alkanes) is 15. The summed E-state index contributed by atoms with van der Waals surface area (Å²) in [6.07, 6.45) is 84.1. The lowest BCUT2D eigenvalue weighted by Crippen LogP contribution is -2.30. The number of hydrogen-bond donors (Lipinski definition) is 0. The third kappa shape index (κ3) is 56.2. The van der Waals surface area contributed by atoms with Gasteiger partial charge in [-0.25, -0.2) is 0 Å². The van der Waals surface area contributed by atoms with Crippen LogP contribution in [0.4, 0.5) is 0 Å². The predicted molar refractivity (Wildman–Crippen MR) is 311 cm³/mol. The van der Waals surface area contributed by atoms with Gasteiger partial charge in [-0.2, -0.15) is 0 Å². The number of carbonyl (C=O) groups is 3.